The normalized spacial score (nSPS) is 18.9. The fraction of sp³-hybridized carbons (Fsp3) is 0.594. The van der Waals surface area contributed by atoms with Gasteiger partial charge in [-0.2, -0.15) is 11.6 Å². The van der Waals surface area contributed by atoms with Gasteiger partial charge in [0.15, 0.2) is 29.9 Å². The first-order chi connectivity index (χ1) is 19.8. The lowest BCUT2D eigenvalue weighted by Gasteiger charge is -2.24. The van der Waals surface area contributed by atoms with Gasteiger partial charge in [0.25, 0.3) is 0 Å². The maximum atomic E-state index is 10.7. The van der Waals surface area contributed by atoms with E-state index in [4.69, 9.17) is 15.2 Å². The number of aliphatic hydroxyl groups excluding tert-OH is 3. The summed E-state index contributed by atoms with van der Waals surface area (Å²) < 4.78 is 11.9. The first-order valence-electron chi connectivity index (χ1n) is 15.0. The number of aryl methyl sites for hydroxylation is 1. The maximum Gasteiger partial charge on any atom is 0.181 e. The molecule has 1 aromatic carbocycles. The van der Waals surface area contributed by atoms with Crippen molar-refractivity contribution in [2.75, 3.05) is 32.8 Å². The third-order valence-electron chi connectivity index (χ3n) is 7.47. The molecular weight excluding hydrogens is 522 g/mol. The molecule has 0 bridgehead atoms. The van der Waals surface area contributed by atoms with Crippen molar-refractivity contribution in [2.24, 2.45) is 16.6 Å². The monoisotopic (exact) mass is 571 g/mol. The minimum Gasteiger partial charge on any atom is -0.504 e. The molecule has 1 aromatic rings. The Bertz CT molecular complexity index is 1010. The molecule has 7 N–H and O–H groups in total. The standard InChI is InChI=1S/C32H49N3O6/c1-22(17-34-18-23(2)37)25-16-28(35-19-25)30(39)21-40-32-14-24(10-12-29(32)38)9-11-27-15-26(20-36)31(41-27)8-6-4-3-5-7-13-33/h10,12,14-16,19,22-23,30-31,34,36-39H,3-9,11,13,17-18,20-21,33H2,1-2H3/t22-,23-,30-,31?/m0/s1. The average Bonchev–Trinajstić information content (AvgIpc) is 3.61. The smallest absolute Gasteiger partial charge is 0.181 e. The summed E-state index contributed by atoms with van der Waals surface area (Å²) in [6.07, 6.45) is 12.9. The number of aliphatic imine (C=N–C) groups is 1. The van der Waals surface area contributed by atoms with E-state index in [0.717, 1.165) is 61.5 Å². The topological polar surface area (TPSA) is 150 Å². The quantitative estimate of drug-likeness (QED) is 0.103. The highest BCUT2D eigenvalue weighted by molar-refractivity contribution is 5.84. The summed E-state index contributed by atoms with van der Waals surface area (Å²) in [6, 6.07) is 5.75. The number of aliphatic hydroxyl groups is 3. The summed E-state index contributed by atoms with van der Waals surface area (Å²) in [6.45, 7) is 5.72. The maximum absolute atomic E-state index is 10.7. The molecule has 0 aromatic heterocycles. The molecule has 0 radical (unpaired) electrons. The Labute approximate surface area is 245 Å². The molecule has 0 amide bonds. The summed E-state index contributed by atoms with van der Waals surface area (Å²) in [5.74, 6) is 0.491. The Morgan fingerprint density at radius 2 is 1.93 bits per heavy atom. The molecular formula is C32H49N3O6. The molecule has 1 unspecified atom stereocenters. The third-order valence-corrected chi connectivity index (χ3v) is 7.47. The van der Waals surface area contributed by atoms with Crippen LogP contribution < -0.4 is 15.8 Å². The van der Waals surface area contributed by atoms with Crippen LogP contribution in [-0.2, 0) is 11.2 Å². The third kappa shape index (κ3) is 11.0. The summed E-state index contributed by atoms with van der Waals surface area (Å²) >= 11 is 0. The molecule has 9 heteroatoms. The van der Waals surface area contributed by atoms with Gasteiger partial charge in [-0.05, 0) is 57.4 Å². The largest absolute Gasteiger partial charge is 0.504 e. The van der Waals surface area contributed by atoms with Crippen LogP contribution in [0.1, 0.15) is 64.4 Å². The van der Waals surface area contributed by atoms with Crippen molar-refractivity contribution in [1.29, 1.82) is 0 Å². The van der Waals surface area contributed by atoms with E-state index in [1.54, 1.807) is 25.3 Å². The number of rotatable bonds is 20. The molecule has 0 spiro atoms. The van der Waals surface area contributed by atoms with Crippen LogP contribution in [0.25, 0.3) is 0 Å². The van der Waals surface area contributed by atoms with E-state index in [-0.39, 0.29) is 31.0 Å². The fourth-order valence-corrected chi connectivity index (χ4v) is 4.94. The molecule has 3 rings (SSSR count). The van der Waals surface area contributed by atoms with Crippen molar-refractivity contribution in [3.63, 3.8) is 0 Å². The Hall–Kier alpha value is -2.53. The zero-order valence-electron chi connectivity index (χ0n) is 24.6. The zero-order valence-corrected chi connectivity index (χ0v) is 24.6. The van der Waals surface area contributed by atoms with E-state index >= 15 is 0 Å². The minimum atomic E-state index is -0.938. The van der Waals surface area contributed by atoms with Gasteiger partial charge in [-0.3, -0.25) is 0 Å². The van der Waals surface area contributed by atoms with Gasteiger partial charge in [-0.1, -0.05) is 44.3 Å². The summed E-state index contributed by atoms with van der Waals surface area (Å²) in [7, 11) is 0. The number of aromatic hydroxyl groups is 1. The van der Waals surface area contributed by atoms with Gasteiger partial charge in [-0.15, -0.1) is 4.99 Å². The number of ether oxygens (including phenoxy) is 2. The van der Waals surface area contributed by atoms with Crippen LogP contribution >= 0.6 is 0 Å². The van der Waals surface area contributed by atoms with E-state index in [1.807, 2.05) is 18.2 Å². The van der Waals surface area contributed by atoms with Crippen molar-refractivity contribution in [3.05, 3.63) is 59.2 Å². The van der Waals surface area contributed by atoms with Crippen molar-refractivity contribution in [3.8, 4) is 11.5 Å². The second-order valence-electron chi connectivity index (χ2n) is 11.2. The zero-order chi connectivity index (χ0) is 29.6. The molecule has 0 saturated heterocycles. The number of hydrogen-bond acceptors (Lipinski definition) is 9. The van der Waals surface area contributed by atoms with Crippen molar-refractivity contribution < 1.29 is 29.9 Å². The van der Waals surface area contributed by atoms with Crippen LogP contribution in [0.2, 0.25) is 0 Å². The van der Waals surface area contributed by atoms with Crippen molar-refractivity contribution >= 4 is 6.21 Å². The van der Waals surface area contributed by atoms with E-state index in [2.05, 4.69) is 17.2 Å². The van der Waals surface area contributed by atoms with Crippen LogP contribution in [0.15, 0.2) is 46.5 Å². The van der Waals surface area contributed by atoms with Crippen molar-refractivity contribution in [2.45, 2.75) is 83.5 Å². The number of phenols is 1. The van der Waals surface area contributed by atoms with Crippen LogP contribution in [0, 0.1) is 18.1 Å². The predicted molar refractivity (Wildman–Crippen MR) is 162 cm³/mol. The molecule has 0 saturated carbocycles. The van der Waals surface area contributed by atoms with Gasteiger partial charge in [0.2, 0.25) is 0 Å². The lowest BCUT2D eigenvalue weighted by molar-refractivity contribution is 0.102. The molecule has 2 heterocycles. The van der Waals surface area contributed by atoms with Crippen LogP contribution in [0.5, 0.6) is 11.5 Å². The van der Waals surface area contributed by atoms with Crippen molar-refractivity contribution in [1.82, 2.24) is 5.32 Å². The van der Waals surface area contributed by atoms with E-state index in [9.17, 15) is 20.4 Å². The Kier molecular flexibility index (Phi) is 14.0. The fourth-order valence-electron chi connectivity index (χ4n) is 4.94. The number of nitrogens with one attached hydrogen (secondary N) is 1. The number of phenolic OH excluding ortho intramolecular Hbond substituents is 1. The second-order valence-corrected chi connectivity index (χ2v) is 11.2. The Morgan fingerprint density at radius 1 is 1.15 bits per heavy atom. The van der Waals surface area contributed by atoms with Gasteiger partial charge in [0, 0.05) is 25.8 Å². The summed E-state index contributed by atoms with van der Waals surface area (Å²) in [4.78, 5) is 4.35. The first kappa shape index (κ1) is 33.0. The Balaban J connectivity index is 1.44. The lowest BCUT2D eigenvalue weighted by Crippen LogP contribution is -2.29. The summed E-state index contributed by atoms with van der Waals surface area (Å²) in [5, 5.41) is 43.4. The number of hydrogen-bond donors (Lipinski definition) is 6. The van der Waals surface area contributed by atoms with E-state index < -0.39 is 12.2 Å². The molecule has 228 valence electrons. The van der Waals surface area contributed by atoms with E-state index in [1.165, 1.54) is 6.42 Å². The van der Waals surface area contributed by atoms with Crippen LogP contribution in [0.4, 0.5) is 0 Å². The predicted octanol–water partition coefficient (Wildman–Crippen LogP) is 3.36. The van der Waals surface area contributed by atoms with Gasteiger partial charge in [0.05, 0.1) is 18.1 Å². The SMILES string of the molecule is C[C@H](O)CNC[C@H](C)C1=C[C+]([C@@H](O)COc2cc(CC[C-]3C=C(CO)C(CCCCCCCN)O3)ccc2O)N=C1. The minimum absolute atomic E-state index is 0.000605. The van der Waals surface area contributed by atoms with Gasteiger partial charge in [-0.25, -0.2) is 0 Å². The molecule has 4 atom stereocenters. The molecule has 9 nitrogen and oxygen atoms in total. The first-order valence-corrected chi connectivity index (χ1v) is 15.0. The number of benzene rings is 1. The van der Waals surface area contributed by atoms with Crippen LogP contribution in [0.3, 0.4) is 0 Å². The molecule has 41 heavy (non-hydrogen) atoms. The average molecular weight is 572 g/mol. The summed E-state index contributed by atoms with van der Waals surface area (Å²) in [5.41, 5.74) is 8.46. The number of nitrogens with two attached hydrogens (primary N) is 1. The second kappa shape index (κ2) is 17.4. The molecule has 0 fully saturated rings. The van der Waals surface area contributed by atoms with Gasteiger partial charge in [0.1, 0.15) is 12.2 Å². The van der Waals surface area contributed by atoms with Gasteiger partial charge >= 0.3 is 0 Å². The Morgan fingerprint density at radius 3 is 2.68 bits per heavy atom. The highest BCUT2D eigenvalue weighted by Crippen LogP contribution is 2.33. The van der Waals surface area contributed by atoms with E-state index in [0.29, 0.717) is 37.7 Å². The highest BCUT2D eigenvalue weighted by atomic mass is 16.5. The lowest BCUT2D eigenvalue weighted by atomic mass is 10.0. The molecule has 2 aliphatic rings. The number of unbranched alkanes of at least 4 members (excludes halogenated alkanes) is 4. The molecule has 0 aliphatic carbocycles. The van der Waals surface area contributed by atoms with Crippen LogP contribution in [-0.4, -0.2) is 77.8 Å². The number of nitrogens with zero attached hydrogens (tertiary/aromatic N) is 1. The molecule has 2 aliphatic heterocycles. The highest BCUT2D eigenvalue weighted by Gasteiger charge is 2.31. The van der Waals surface area contributed by atoms with Gasteiger partial charge < -0.3 is 41.0 Å².